The van der Waals surface area contributed by atoms with Gasteiger partial charge in [-0.3, -0.25) is 9.59 Å². The number of nitrogens with zero attached hydrogens (tertiary/aromatic N) is 1. The molecule has 0 bridgehead atoms. The Morgan fingerprint density at radius 1 is 1.13 bits per heavy atom. The third kappa shape index (κ3) is 6.34. The molecule has 2 aromatic carbocycles. The smallest absolute Gasteiger partial charge is 0.307 e. The molecular weight excluding hydrogens is 384 g/mol. The number of carbonyl (C=O) groups excluding carboxylic acids is 1. The number of aliphatic carboxylic acids is 1. The minimum absolute atomic E-state index is 0.160. The SMILES string of the molecule is COc1ccc(/C(C)=N\NC(=O)COc2cc(C)ccc2C(C)C)cc1CC(=O)O. The Kier molecular flexibility index (Phi) is 7.98. The molecule has 7 nitrogen and oxygen atoms in total. The zero-order chi connectivity index (χ0) is 22.3. The first-order chi connectivity index (χ1) is 14.2. The van der Waals surface area contributed by atoms with Crippen molar-refractivity contribution in [1.82, 2.24) is 5.43 Å². The van der Waals surface area contributed by atoms with Crippen LogP contribution in [0.15, 0.2) is 41.5 Å². The van der Waals surface area contributed by atoms with E-state index < -0.39 is 5.97 Å². The summed E-state index contributed by atoms with van der Waals surface area (Å²) in [5.74, 6) is 0.117. The van der Waals surface area contributed by atoms with E-state index >= 15 is 0 Å². The largest absolute Gasteiger partial charge is 0.496 e. The van der Waals surface area contributed by atoms with Crippen LogP contribution < -0.4 is 14.9 Å². The molecule has 2 aromatic rings. The van der Waals surface area contributed by atoms with Gasteiger partial charge in [0.15, 0.2) is 6.61 Å². The molecule has 0 fully saturated rings. The minimum atomic E-state index is -0.956. The number of ether oxygens (including phenoxy) is 2. The molecule has 0 heterocycles. The van der Waals surface area contributed by atoms with Crippen molar-refractivity contribution >= 4 is 17.6 Å². The second kappa shape index (κ2) is 10.4. The molecule has 2 rings (SSSR count). The van der Waals surface area contributed by atoms with Crippen LogP contribution in [-0.2, 0) is 16.0 Å². The third-order valence-corrected chi connectivity index (χ3v) is 4.54. The Morgan fingerprint density at radius 3 is 2.50 bits per heavy atom. The summed E-state index contributed by atoms with van der Waals surface area (Å²) in [5, 5.41) is 13.2. The number of carbonyl (C=O) groups is 2. The van der Waals surface area contributed by atoms with Crippen molar-refractivity contribution in [3.05, 3.63) is 58.7 Å². The van der Waals surface area contributed by atoms with Crippen molar-refractivity contribution in [2.45, 2.75) is 40.0 Å². The van der Waals surface area contributed by atoms with E-state index in [2.05, 4.69) is 24.4 Å². The Bertz CT molecular complexity index is 951. The van der Waals surface area contributed by atoms with E-state index in [0.717, 1.165) is 11.1 Å². The molecule has 1 amide bonds. The zero-order valence-corrected chi connectivity index (χ0v) is 18.0. The summed E-state index contributed by atoms with van der Waals surface area (Å²) in [4.78, 5) is 23.2. The van der Waals surface area contributed by atoms with Gasteiger partial charge in [-0.1, -0.05) is 26.0 Å². The highest BCUT2D eigenvalue weighted by Crippen LogP contribution is 2.27. The highest BCUT2D eigenvalue weighted by Gasteiger charge is 2.12. The lowest BCUT2D eigenvalue weighted by Gasteiger charge is -2.14. The molecule has 0 aliphatic heterocycles. The number of aryl methyl sites for hydroxylation is 1. The monoisotopic (exact) mass is 412 g/mol. The van der Waals surface area contributed by atoms with Gasteiger partial charge in [0.1, 0.15) is 11.5 Å². The van der Waals surface area contributed by atoms with Crippen LogP contribution in [0.5, 0.6) is 11.5 Å². The van der Waals surface area contributed by atoms with Crippen LogP contribution in [0.4, 0.5) is 0 Å². The highest BCUT2D eigenvalue weighted by molar-refractivity contribution is 5.99. The van der Waals surface area contributed by atoms with Crippen LogP contribution >= 0.6 is 0 Å². The predicted molar refractivity (Wildman–Crippen MR) is 115 cm³/mol. The molecule has 2 N–H and O–H groups in total. The van der Waals surface area contributed by atoms with E-state index in [1.165, 1.54) is 7.11 Å². The standard InChI is InChI=1S/C23H28N2O5/c1-14(2)19-8-6-15(3)10-21(19)30-13-22(26)25-24-16(4)17-7-9-20(29-5)18(11-17)12-23(27)28/h6-11,14H,12-13H2,1-5H3,(H,25,26)(H,27,28)/b24-16-. The summed E-state index contributed by atoms with van der Waals surface area (Å²) in [6.07, 6.45) is -0.167. The van der Waals surface area contributed by atoms with E-state index in [0.29, 0.717) is 28.3 Å². The lowest BCUT2D eigenvalue weighted by molar-refractivity contribution is -0.136. The van der Waals surface area contributed by atoms with Gasteiger partial charge in [0.2, 0.25) is 0 Å². The van der Waals surface area contributed by atoms with Crippen molar-refractivity contribution in [1.29, 1.82) is 0 Å². The van der Waals surface area contributed by atoms with E-state index in [9.17, 15) is 9.59 Å². The summed E-state index contributed by atoms with van der Waals surface area (Å²) in [7, 11) is 1.49. The predicted octanol–water partition coefficient (Wildman–Crippen LogP) is 3.67. The van der Waals surface area contributed by atoms with E-state index in [1.807, 2.05) is 25.1 Å². The number of carboxylic acid groups (broad SMARTS) is 1. The molecule has 0 saturated heterocycles. The van der Waals surface area contributed by atoms with Crippen molar-refractivity contribution in [2.24, 2.45) is 5.10 Å². The van der Waals surface area contributed by atoms with Gasteiger partial charge in [-0.15, -0.1) is 0 Å². The summed E-state index contributed by atoms with van der Waals surface area (Å²) in [5.41, 5.74) is 6.34. The number of amides is 1. The fourth-order valence-electron chi connectivity index (χ4n) is 2.93. The molecule has 0 aromatic heterocycles. The van der Waals surface area contributed by atoms with Gasteiger partial charge in [0.25, 0.3) is 5.91 Å². The molecule has 160 valence electrons. The van der Waals surface area contributed by atoms with Crippen LogP contribution in [0.2, 0.25) is 0 Å². The maximum atomic E-state index is 12.2. The Balaban J connectivity index is 2.05. The lowest BCUT2D eigenvalue weighted by Crippen LogP contribution is -2.26. The molecule has 0 radical (unpaired) electrons. The van der Waals surface area contributed by atoms with Gasteiger partial charge < -0.3 is 14.6 Å². The molecule has 0 aliphatic rings. The molecule has 0 aliphatic carbocycles. The number of hydrazone groups is 1. The molecule has 0 saturated carbocycles. The maximum Gasteiger partial charge on any atom is 0.307 e. The fraction of sp³-hybridized carbons (Fsp3) is 0.348. The van der Waals surface area contributed by atoms with Crippen molar-refractivity contribution in [3.8, 4) is 11.5 Å². The molecule has 7 heteroatoms. The number of methoxy groups -OCH3 is 1. The quantitative estimate of drug-likeness (QED) is 0.484. The van der Waals surface area contributed by atoms with E-state index in [-0.39, 0.29) is 24.9 Å². The van der Waals surface area contributed by atoms with Crippen LogP contribution in [0.1, 0.15) is 48.9 Å². The minimum Gasteiger partial charge on any atom is -0.496 e. The summed E-state index contributed by atoms with van der Waals surface area (Å²) < 4.78 is 10.9. The number of rotatable bonds is 9. The molecule has 0 unspecified atom stereocenters. The number of benzene rings is 2. The molecule has 30 heavy (non-hydrogen) atoms. The van der Waals surface area contributed by atoms with Gasteiger partial charge in [-0.05, 0) is 60.7 Å². The average Bonchev–Trinajstić information content (AvgIpc) is 2.69. The van der Waals surface area contributed by atoms with Crippen LogP contribution in [0.3, 0.4) is 0 Å². The van der Waals surface area contributed by atoms with Gasteiger partial charge in [-0.2, -0.15) is 5.10 Å². The van der Waals surface area contributed by atoms with Crippen LogP contribution in [0.25, 0.3) is 0 Å². The van der Waals surface area contributed by atoms with Crippen molar-refractivity contribution in [2.75, 3.05) is 13.7 Å². The number of hydrogen-bond acceptors (Lipinski definition) is 5. The Hall–Kier alpha value is -3.35. The van der Waals surface area contributed by atoms with Gasteiger partial charge >= 0.3 is 5.97 Å². The number of nitrogens with one attached hydrogen (secondary N) is 1. The van der Waals surface area contributed by atoms with Crippen molar-refractivity contribution in [3.63, 3.8) is 0 Å². The first-order valence-electron chi connectivity index (χ1n) is 9.66. The van der Waals surface area contributed by atoms with Gasteiger partial charge in [0.05, 0.1) is 19.2 Å². The topological polar surface area (TPSA) is 97.2 Å². The van der Waals surface area contributed by atoms with Gasteiger partial charge in [-0.25, -0.2) is 5.43 Å². The zero-order valence-electron chi connectivity index (χ0n) is 18.0. The molecule has 0 atom stereocenters. The van der Waals surface area contributed by atoms with Gasteiger partial charge in [0, 0.05) is 5.56 Å². The third-order valence-electron chi connectivity index (χ3n) is 4.54. The fourth-order valence-corrected chi connectivity index (χ4v) is 2.93. The summed E-state index contributed by atoms with van der Waals surface area (Å²) in [6, 6.07) is 11.1. The van der Waals surface area contributed by atoms with E-state index in [1.54, 1.807) is 25.1 Å². The highest BCUT2D eigenvalue weighted by atomic mass is 16.5. The Morgan fingerprint density at radius 2 is 1.87 bits per heavy atom. The maximum absolute atomic E-state index is 12.2. The summed E-state index contributed by atoms with van der Waals surface area (Å²) in [6.45, 7) is 7.67. The van der Waals surface area contributed by atoms with E-state index in [4.69, 9.17) is 14.6 Å². The Labute approximate surface area is 176 Å². The first kappa shape index (κ1) is 22.9. The second-order valence-electron chi connectivity index (χ2n) is 7.31. The summed E-state index contributed by atoms with van der Waals surface area (Å²) >= 11 is 0. The van der Waals surface area contributed by atoms with Crippen LogP contribution in [0, 0.1) is 6.92 Å². The average molecular weight is 412 g/mol. The second-order valence-corrected chi connectivity index (χ2v) is 7.31. The normalized spacial score (nSPS) is 11.3. The molecule has 0 spiro atoms. The number of carboxylic acids is 1. The first-order valence-corrected chi connectivity index (χ1v) is 9.66. The molecular formula is C23H28N2O5. The van der Waals surface area contributed by atoms with Crippen LogP contribution in [-0.4, -0.2) is 36.4 Å². The van der Waals surface area contributed by atoms with Crippen molar-refractivity contribution < 1.29 is 24.2 Å². The lowest BCUT2D eigenvalue weighted by atomic mass is 10.0. The number of hydrogen-bond donors (Lipinski definition) is 2.